The van der Waals surface area contributed by atoms with Gasteiger partial charge in [-0.05, 0) is 12.0 Å². The zero-order chi connectivity index (χ0) is 9.97. The minimum atomic E-state index is 0.0574. The van der Waals surface area contributed by atoms with Gasteiger partial charge in [0.1, 0.15) is 0 Å². The normalized spacial score (nSPS) is 14.8. The summed E-state index contributed by atoms with van der Waals surface area (Å²) < 4.78 is 0. The van der Waals surface area contributed by atoms with E-state index in [4.69, 9.17) is 5.90 Å². The Morgan fingerprint density at radius 1 is 1.43 bits per heavy atom. The fourth-order valence-corrected chi connectivity index (χ4v) is 1.68. The molecule has 14 heavy (non-hydrogen) atoms. The van der Waals surface area contributed by atoms with Crippen molar-refractivity contribution in [2.45, 2.75) is 19.4 Å². The second-order valence-electron chi connectivity index (χ2n) is 3.31. The Hall–Kier alpha value is -1.39. The van der Waals surface area contributed by atoms with E-state index in [0.29, 0.717) is 13.0 Å². The number of para-hydroxylation sites is 1. The lowest BCUT2D eigenvalue weighted by atomic mass is 9.99. The van der Waals surface area contributed by atoms with Crippen LogP contribution in [0.5, 0.6) is 0 Å². The number of benzene rings is 1. The van der Waals surface area contributed by atoms with E-state index in [1.54, 1.807) is 0 Å². The van der Waals surface area contributed by atoms with Crippen LogP contribution >= 0.6 is 0 Å². The highest BCUT2D eigenvalue weighted by Gasteiger charge is 2.16. The number of hydrogen-bond donors (Lipinski definition) is 2. The van der Waals surface area contributed by atoms with Crippen LogP contribution in [0.25, 0.3) is 0 Å². The summed E-state index contributed by atoms with van der Waals surface area (Å²) >= 11 is 0. The van der Waals surface area contributed by atoms with Crippen LogP contribution in [0.3, 0.4) is 0 Å². The van der Waals surface area contributed by atoms with E-state index >= 15 is 0 Å². The molecular weight excluding hydrogens is 180 g/mol. The molecule has 1 aliphatic rings. The van der Waals surface area contributed by atoms with Crippen molar-refractivity contribution in [3.8, 4) is 0 Å². The topological polar surface area (TPSA) is 64.3 Å². The summed E-state index contributed by atoms with van der Waals surface area (Å²) in [6, 6.07) is 5.86. The number of hydrogen-bond acceptors (Lipinski definition) is 3. The lowest BCUT2D eigenvalue weighted by Crippen LogP contribution is -2.20. The van der Waals surface area contributed by atoms with Crippen LogP contribution in [0, 0.1) is 0 Å². The molecule has 0 unspecified atom stereocenters. The maximum absolute atomic E-state index is 11.2. The summed E-state index contributed by atoms with van der Waals surface area (Å²) in [5.74, 6) is 5.07. The van der Waals surface area contributed by atoms with Gasteiger partial charge in [0.2, 0.25) is 5.91 Å². The van der Waals surface area contributed by atoms with E-state index in [2.05, 4.69) is 10.2 Å². The lowest BCUT2D eigenvalue weighted by Gasteiger charge is -2.19. The van der Waals surface area contributed by atoms with Crippen LogP contribution in [0.2, 0.25) is 0 Å². The highest BCUT2D eigenvalue weighted by atomic mass is 16.6. The first-order chi connectivity index (χ1) is 6.81. The Kier molecular flexibility index (Phi) is 2.47. The monoisotopic (exact) mass is 192 g/mol. The van der Waals surface area contributed by atoms with Gasteiger partial charge in [0.15, 0.2) is 0 Å². The molecule has 0 fully saturated rings. The molecule has 0 saturated carbocycles. The molecule has 74 valence electrons. The van der Waals surface area contributed by atoms with Crippen molar-refractivity contribution < 1.29 is 9.63 Å². The van der Waals surface area contributed by atoms with Gasteiger partial charge in [0, 0.05) is 17.7 Å². The molecule has 1 amide bonds. The molecule has 1 aromatic carbocycles. The fraction of sp³-hybridized carbons (Fsp3) is 0.300. The first kappa shape index (κ1) is 9.18. The molecule has 0 aliphatic carbocycles. The van der Waals surface area contributed by atoms with Crippen LogP contribution < -0.4 is 11.2 Å². The minimum Gasteiger partial charge on any atom is -0.325 e. The standard InChI is InChI=1S/C10H12N2O2/c11-14-6-8-3-1-2-7-4-5-9(13)12-10(7)8/h1-3H,4-6,11H2,(H,12,13). The van der Waals surface area contributed by atoms with Crippen molar-refractivity contribution in [3.05, 3.63) is 29.3 Å². The maximum atomic E-state index is 11.2. The second-order valence-corrected chi connectivity index (χ2v) is 3.31. The Balaban J connectivity index is 2.38. The van der Waals surface area contributed by atoms with E-state index in [9.17, 15) is 4.79 Å². The Labute approximate surface area is 82.0 Å². The summed E-state index contributed by atoms with van der Waals surface area (Å²) in [6.07, 6.45) is 1.35. The van der Waals surface area contributed by atoms with Crippen molar-refractivity contribution in [2.24, 2.45) is 5.90 Å². The van der Waals surface area contributed by atoms with Crippen molar-refractivity contribution in [3.63, 3.8) is 0 Å². The molecule has 2 rings (SSSR count). The van der Waals surface area contributed by atoms with E-state index in [0.717, 1.165) is 23.2 Å². The fourth-order valence-electron chi connectivity index (χ4n) is 1.68. The predicted octanol–water partition coefficient (Wildman–Crippen LogP) is 0.962. The van der Waals surface area contributed by atoms with Crippen molar-refractivity contribution in [1.82, 2.24) is 0 Å². The summed E-state index contributed by atoms with van der Waals surface area (Å²) in [4.78, 5) is 15.8. The number of carbonyl (C=O) groups is 1. The number of aryl methyl sites for hydroxylation is 1. The molecule has 1 aromatic rings. The zero-order valence-electron chi connectivity index (χ0n) is 7.75. The third kappa shape index (κ3) is 1.62. The number of nitrogens with one attached hydrogen (secondary N) is 1. The molecule has 0 spiro atoms. The van der Waals surface area contributed by atoms with Crippen LogP contribution in [0.1, 0.15) is 17.5 Å². The average Bonchev–Trinajstić information content (AvgIpc) is 2.19. The molecule has 0 radical (unpaired) electrons. The van der Waals surface area contributed by atoms with Gasteiger partial charge >= 0.3 is 0 Å². The third-order valence-corrected chi connectivity index (χ3v) is 2.36. The van der Waals surface area contributed by atoms with Crippen molar-refractivity contribution in [2.75, 3.05) is 5.32 Å². The molecule has 1 aliphatic heterocycles. The lowest BCUT2D eigenvalue weighted by molar-refractivity contribution is -0.116. The van der Waals surface area contributed by atoms with Gasteiger partial charge in [-0.2, -0.15) is 0 Å². The summed E-state index contributed by atoms with van der Waals surface area (Å²) in [5.41, 5.74) is 2.95. The molecule has 3 N–H and O–H groups in total. The summed E-state index contributed by atoms with van der Waals surface area (Å²) in [7, 11) is 0. The van der Waals surface area contributed by atoms with Gasteiger partial charge in [0.05, 0.1) is 6.61 Å². The van der Waals surface area contributed by atoms with E-state index < -0.39 is 0 Å². The van der Waals surface area contributed by atoms with E-state index in [1.165, 1.54) is 0 Å². The Morgan fingerprint density at radius 3 is 3.07 bits per heavy atom. The molecule has 0 bridgehead atoms. The minimum absolute atomic E-state index is 0.0574. The van der Waals surface area contributed by atoms with Gasteiger partial charge in [0.25, 0.3) is 0 Å². The second kappa shape index (κ2) is 3.77. The van der Waals surface area contributed by atoms with Gasteiger partial charge in [-0.15, -0.1) is 0 Å². The zero-order valence-corrected chi connectivity index (χ0v) is 7.75. The Morgan fingerprint density at radius 2 is 2.29 bits per heavy atom. The molecule has 0 saturated heterocycles. The first-order valence-electron chi connectivity index (χ1n) is 4.53. The number of rotatable bonds is 2. The van der Waals surface area contributed by atoms with Crippen LogP contribution in [0.4, 0.5) is 5.69 Å². The van der Waals surface area contributed by atoms with Gasteiger partial charge in [-0.3, -0.25) is 9.63 Å². The summed E-state index contributed by atoms with van der Waals surface area (Å²) in [5, 5.41) is 2.84. The van der Waals surface area contributed by atoms with Crippen LogP contribution in [-0.2, 0) is 22.7 Å². The maximum Gasteiger partial charge on any atom is 0.224 e. The highest BCUT2D eigenvalue weighted by Crippen LogP contribution is 2.26. The van der Waals surface area contributed by atoms with Crippen LogP contribution in [-0.4, -0.2) is 5.91 Å². The first-order valence-corrected chi connectivity index (χ1v) is 4.53. The predicted molar refractivity (Wildman–Crippen MR) is 52.4 cm³/mol. The highest BCUT2D eigenvalue weighted by molar-refractivity contribution is 5.94. The third-order valence-electron chi connectivity index (χ3n) is 2.36. The molecule has 1 heterocycles. The number of anilines is 1. The van der Waals surface area contributed by atoms with Gasteiger partial charge < -0.3 is 5.32 Å². The van der Waals surface area contributed by atoms with Gasteiger partial charge in [-0.1, -0.05) is 18.2 Å². The smallest absolute Gasteiger partial charge is 0.224 e. The van der Waals surface area contributed by atoms with E-state index in [1.807, 2.05) is 18.2 Å². The average molecular weight is 192 g/mol. The van der Waals surface area contributed by atoms with Crippen molar-refractivity contribution >= 4 is 11.6 Å². The molecular formula is C10H12N2O2. The number of fused-ring (bicyclic) bond motifs is 1. The van der Waals surface area contributed by atoms with Crippen LogP contribution in [0.15, 0.2) is 18.2 Å². The number of amides is 1. The molecule has 4 nitrogen and oxygen atoms in total. The quantitative estimate of drug-likeness (QED) is 0.686. The molecule has 0 aromatic heterocycles. The largest absolute Gasteiger partial charge is 0.325 e. The number of nitrogens with two attached hydrogens (primary N) is 1. The van der Waals surface area contributed by atoms with Crippen molar-refractivity contribution in [1.29, 1.82) is 0 Å². The summed E-state index contributed by atoms with van der Waals surface area (Å²) in [6.45, 7) is 0.323. The SMILES string of the molecule is NOCc1cccc2c1NC(=O)CC2. The molecule has 0 atom stereocenters. The van der Waals surface area contributed by atoms with Gasteiger partial charge in [-0.25, -0.2) is 5.90 Å². The van der Waals surface area contributed by atoms with E-state index in [-0.39, 0.29) is 5.91 Å². The number of carbonyl (C=O) groups excluding carboxylic acids is 1. The molecule has 4 heteroatoms. The Bertz CT molecular complexity index is 363.